The first-order chi connectivity index (χ1) is 10.5. The van der Waals surface area contributed by atoms with Gasteiger partial charge in [-0.2, -0.15) is 0 Å². The molecule has 0 saturated carbocycles. The maximum atomic E-state index is 6.09. The zero-order valence-electron chi connectivity index (χ0n) is 12.3. The molecule has 0 saturated heterocycles. The molecule has 118 valence electrons. The van der Waals surface area contributed by atoms with E-state index >= 15 is 0 Å². The highest BCUT2D eigenvalue weighted by molar-refractivity contribution is 6.34. The Balaban J connectivity index is 2.46. The lowest BCUT2D eigenvalue weighted by molar-refractivity contribution is 0.324. The van der Waals surface area contributed by atoms with Gasteiger partial charge in [0.25, 0.3) is 0 Å². The van der Waals surface area contributed by atoms with E-state index in [0.29, 0.717) is 29.2 Å². The van der Waals surface area contributed by atoms with Crippen molar-refractivity contribution in [3.05, 3.63) is 33.6 Å². The van der Waals surface area contributed by atoms with Gasteiger partial charge in [-0.25, -0.2) is 9.97 Å². The molecule has 0 aliphatic carbocycles. The van der Waals surface area contributed by atoms with Crippen molar-refractivity contribution in [2.24, 2.45) is 0 Å². The largest absolute Gasteiger partial charge is 0.493 e. The Bertz CT molecular complexity index is 647. The lowest BCUT2D eigenvalue weighted by Crippen LogP contribution is -2.02. The molecule has 6 nitrogen and oxygen atoms in total. The fourth-order valence-corrected chi connectivity index (χ4v) is 2.57. The van der Waals surface area contributed by atoms with Crippen molar-refractivity contribution in [2.75, 3.05) is 27.1 Å². The molecule has 1 aromatic carbocycles. The average Bonchev–Trinajstić information content (AvgIpc) is 2.49. The number of methoxy groups -OCH3 is 3. The van der Waals surface area contributed by atoms with Crippen LogP contribution in [0.25, 0.3) is 0 Å². The van der Waals surface area contributed by atoms with Crippen LogP contribution in [0.5, 0.6) is 17.2 Å². The third-order valence-corrected chi connectivity index (χ3v) is 3.65. The molecule has 0 unspecified atom stereocenters. The molecular weight excluding hydrogens is 329 g/mol. The number of nitrogens with zero attached hydrogens (tertiary/aromatic N) is 2. The summed E-state index contributed by atoms with van der Waals surface area (Å²) in [7, 11) is 4.64. The van der Waals surface area contributed by atoms with Crippen molar-refractivity contribution >= 4 is 29.2 Å². The smallest absolute Gasteiger partial charge is 0.222 e. The van der Waals surface area contributed by atoms with Gasteiger partial charge < -0.3 is 19.9 Å². The summed E-state index contributed by atoms with van der Waals surface area (Å²) in [4.78, 5) is 7.82. The van der Waals surface area contributed by atoms with Gasteiger partial charge in [-0.15, -0.1) is 0 Å². The molecule has 8 heteroatoms. The van der Waals surface area contributed by atoms with Crippen molar-refractivity contribution in [2.45, 2.75) is 6.42 Å². The van der Waals surface area contributed by atoms with Crippen molar-refractivity contribution in [1.82, 2.24) is 9.97 Å². The number of rotatable bonds is 5. The zero-order valence-corrected chi connectivity index (χ0v) is 13.8. The molecule has 2 aromatic rings. The number of nitrogen functional groups attached to an aromatic ring is 1. The minimum Gasteiger partial charge on any atom is -0.493 e. The Morgan fingerprint density at radius 3 is 1.86 bits per heavy atom. The van der Waals surface area contributed by atoms with Crippen LogP contribution in [0.4, 0.5) is 5.95 Å². The van der Waals surface area contributed by atoms with Crippen molar-refractivity contribution in [1.29, 1.82) is 0 Å². The Morgan fingerprint density at radius 2 is 1.45 bits per heavy atom. The summed E-state index contributed by atoms with van der Waals surface area (Å²) in [5.74, 6) is 1.63. The molecule has 0 radical (unpaired) electrons. The lowest BCUT2D eigenvalue weighted by Gasteiger charge is -2.14. The molecule has 0 amide bonds. The number of hydrogen-bond acceptors (Lipinski definition) is 6. The average molecular weight is 344 g/mol. The summed E-state index contributed by atoms with van der Waals surface area (Å²) in [6.45, 7) is 0. The van der Waals surface area contributed by atoms with Crippen LogP contribution in [0, 0.1) is 0 Å². The summed E-state index contributed by atoms with van der Waals surface area (Å²) < 4.78 is 15.9. The van der Waals surface area contributed by atoms with Crippen LogP contribution in [0.1, 0.15) is 11.1 Å². The molecule has 1 heterocycles. The van der Waals surface area contributed by atoms with Gasteiger partial charge >= 0.3 is 0 Å². The van der Waals surface area contributed by atoms with Gasteiger partial charge in [0.05, 0.1) is 21.3 Å². The van der Waals surface area contributed by atoms with Crippen molar-refractivity contribution < 1.29 is 14.2 Å². The quantitative estimate of drug-likeness (QED) is 0.840. The third-order valence-electron chi connectivity index (χ3n) is 3.03. The fourth-order valence-electron chi connectivity index (χ4n) is 2.03. The number of halogens is 2. The predicted molar refractivity (Wildman–Crippen MR) is 85.4 cm³/mol. The van der Waals surface area contributed by atoms with Crippen LogP contribution in [-0.2, 0) is 6.42 Å². The molecule has 22 heavy (non-hydrogen) atoms. The van der Waals surface area contributed by atoms with E-state index < -0.39 is 0 Å². The topological polar surface area (TPSA) is 79.5 Å². The molecule has 2 rings (SSSR count). The van der Waals surface area contributed by atoms with Crippen LogP contribution < -0.4 is 19.9 Å². The predicted octanol–water partition coefficient (Wildman–Crippen LogP) is 2.98. The Kier molecular flexibility index (Phi) is 5.15. The number of nitrogens with two attached hydrogens (primary N) is 1. The van der Waals surface area contributed by atoms with Crippen LogP contribution in [0.3, 0.4) is 0 Å². The zero-order chi connectivity index (χ0) is 16.3. The second-order valence-corrected chi connectivity index (χ2v) is 5.07. The molecule has 0 fully saturated rings. The number of ether oxygens (including phenoxy) is 3. The molecule has 0 aliphatic heterocycles. The summed E-state index contributed by atoms with van der Waals surface area (Å²) in [6, 6.07) is 3.62. The number of anilines is 1. The standard InChI is InChI=1S/C14H15Cl2N3O3/c1-20-9-5-7(6-10(21-2)11(9)22-3)4-8-12(15)18-14(17)19-13(8)16/h5-6H,4H2,1-3H3,(H2,17,18,19). The molecule has 0 atom stereocenters. The fraction of sp³-hybridized carbons (Fsp3) is 0.286. The van der Waals surface area contributed by atoms with Gasteiger partial charge in [0.2, 0.25) is 11.7 Å². The van der Waals surface area contributed by atoms with Gasteiger partial charge in [-0.1, -0.05) is 23.2 Å². The van der Waals surface area contributed by atoms with E-state index in [2.05, 4.69) is 9.97 Å². The van der Waals surface area contributed by atoms with Crippen LogP contribution in [0.2, 0.25) is 10.3 Å². The number of aromatic nitrogens is 2. The first-order valence-electron chi connectivity index (χ1n) is 6.26. The molecule has 1 aromatic heterocycles. The SMILES string of the molecule is COc1cc(Cc2c(Cl)nc(N)nc2Cl)cc(OC)c1OC. The van der Waals surface area contributed by atoms with E-state index in [-0.39, 0.29) is 16.3 Å². The third kappa shape index (κ3) is 3.28. The van der Waals surface area contributed by atoms with E-state index in [1.807, 2.05) is 12.1 Å². The molecule has 0 spiro atoms. The highest BCUT2D eigenvalue weighted by atomic mass is 35.5. The van der Waals surface area contributed by atoms with E-state index in [1.54, 1.807) is 21.3 Å². The van der Waals surface area contributed by atoms with Crippen LogP contribution >= 0.6 is 23.2 Å². The summed E-state index contributed by atoms with van der Waals surface area (Å²) in [5, 5.41) is 0.428. The summed E-state index contributed by atoms with van der Waals surface area (Å²) in [5.41, 5.74) is 6.93. The lowest BCUT2D eigenvalue weighted by atomic mass is 10.1. The normalized spacial score (nSPS) is 10.4. The van der Waals surface area contributed by atoms with E-state index in [4.69, 9.17) is 43.1 Å². The van der Waals surface area contributed by atoms with Gasteiger partial charge in [0, 0.05) is 12.0 Å². The molecule has 0 bridgehead atoms. The minimum atomic E-state index is 0.0312. The van der Waals surface area contributed by atoms with Crippen LogP contribution in [0.15, 0.2) is 12.1 Å². The van der Waals surface area contributed by atoms with E-state index in [0.717, 1.165) is 5.56 Å². The van der Waals surface area contributed by atoms with Gasteiger partial charge in [-0.3, -0.25) is 0 Å². The highest BCUT2D eigenvalue weighted by Gasteiger charge is 2.16. The first kappa shape index (κ1) is 16.5. The Morgan fingerprint density at radius 1 is 0.955 bits per heavy atom. The van der Waals surface area contributed by atoms with E-state index in [1.165, 1.54) is 0 Å². The summed E-state index contributed by atoms with van der Waals surface area (Å²) >= 11 is 12.2. The van der Waals surface area contributed by atoms with Gasteiger partial charge in [0.15, 0.2) is 11.5 Å². The molecule has 2 N–H and O–H groups in total. The van der Waals surface area contributed by atoms with Crippen molar-refractivity contribution in [3.63, 3.8) is 0 Å². The molecular formula is C14H15Cl2N3O3. The van der Waals surface area contributed by atoms with Gasteiger partial charge in [-0.05, 0) is 17.7 Å². The monoisotopic (exact) mass is 343 g/mol. The van der Waals surface area contributed by atoms with Gasteiger partial charge in [0.1, 0.15) is 10.3 Å². The summed E-state index contributed by atoms with van der Waals surface area (Å²) in [6.07, 6.45) is 0.397. The number of benzene rings is 1. The van der Waals surface area contributed by atoms with Crippen molar-refractivity contribution in [3.8, 4) is 17.2 Å². The Hall–Kier alpha value is -1.92. The number of hydrogen-bond donors (Lipinski definition) is 1. The second kappa shape index (κ2) is 6.89. The first-order valence-corrected chi connectivity index (χ1v) is 7.02. The maximum absolute atomic E-state index is 6.09. The van der Waals surface area contributed by atoms with Crippen LogP contribution in [-0.4, -0.2) is 31.3 Å². The Labute approximate surface area is 138 Å². The minimum absolute atomic E-state index is 0.0312. The van der Waals surface area contributed by atoms with E-state index in [9.17, 15) is 0 Å². The maximum Gasteiger partial charge on any atom is 0.222 e. The highest BCUT2D eigenvalue weighted by Crippen LogP contribution is 2.39. The second-order valence-electron chi connectivity index (χ2n) is 4.35. The molecule has 0 aliphatic rings.